The Hall–Kier alpha value is -2.11. The minimum atomic E-state index is -0.106. The highest BCUT2D eigenvalue weighted by molar-refractivity contribution is 5.96. The summed E-state index contributed by atoms with van der Waals surface area (Å²) in [7, 11) is 0. The fourth-order valence-electron chi connectivity index (χ4n) is 2.99. The third-order valence-electron chi connectivity index (χ3n) is 4.36. The predicted octanol–water partition coefficient (Wildman–Crippen LogP) is 2.53. The van der Waals surface area contributed by atoms with Gasteiger partial charge in [-0.05, 0) is 20.3 Å². The lowest BCUT2D eigenvalue weighted by atomic mass is 9.93. The van der Waals surface area contributed by atoms with Crippen molar-refractivity contribution >= 4 is 5.91 Å². The number of nitrogens with one attached hydrogen (secondary N) is 1. The van der Waals surface area contributed by atoms with Gasteiger partial charge in [0.1, 0.15) is 17.1 Å². The summed E-state index contributed by atoms with van der Waals surface area (Å²) in [5.74, 6) is 1.57. The summed E-state index contributed by atoms with van der Waals surface area (Å²) in [5, 5.41) is 6.95. The highest BCUT2D eigenvalue weighted by atomic mass is 16.5. The van der Waals surface area contributed by atoms with Crippen molar-refractivity contribution in [2.45, 2.75) is 65.5 Å². The van der Waals surface area contributed by atoms with E-state index in [1.165, 1.54) is 0 Å². The van der Waals surface area contributed by atoms with Crippen LogP contribution in [0, 0.1) is 13.8 Å². The van der Waals surface area contributed by atoms with Gasteiger partial charge in [0.05, 0.1) is 11.4 Å². The smallest absolute Gasteiger partial charge is 0.257 e. The van der Waals surface area contributed by atoms with Gasteiger partial charge in [0.2, 0.25) is 0 Å². The van der Waals surface area contributed by atoms with Crippen molar-refractivity contribution in [3.63, 3.8) is 0 Å². The molecule has 6 nitrogen and oxygen atoms in total. The molecule has 6 heteroatoms. The summed E-state index contributed by atoms with van der Waals surface area (Å²) in [6.07, 6.45) is 3.89. The molecule has 0 saturated heterocycles. The molecule has 1 aliphatic rings. The Kier molecular flexibility index (Phi) is 3.78. The molecule has 2 aromatic heterocycles. The summed E-state index contributed by atoms with van der Waals surface area (Å²) in [6, 6.07) is 0.103. The van der Waals surface area contributed by atoms with E-state index in [1.807, 2.05) is 0 Å². The van der Waals surface area contributed by atoms with Gasteiger partial charge >= 0.3 is 0 Å². The number of hydrogen-bond acceptors (Lipinski definition) is 4. The Morgan fingerprint density at radius 1 is 1.39 bits per heavy atom. The lowest BCUT2D eigenvalue weighted by molar-refractivity contribution is 0.0925. The normalized spacial score (nSPS) is 17.9. The molecule has 3 heterocycles. The van der Waals surface area contributed by atoms with Crippen molar-refractivity contribution < 1.29 is 9.32 Å². The van der Waals surface area contributed by atoms with Crippen LogP contribution >= 0.6 is 0 Å². The molecule has 1 amide bonds. The summed E-state index contributed by atoms with van der Waals surface area (Å²) >= 11 is 0. The van der Waals surface area contributed by atoms with Crippen LogP contribution in [0.5, 0.6) is 0 Å². The molecular formula is C17H24N4O2. The second kappa shape index (κ2) is 5.51. The topological polar surface area (TPSA) is 73.0 Å². The minimum Gasteiger partial charge on any atom is -0.361 e. The first kappa shape index (κ1) is 15.8. The van der Waals surface area contributed by atoms with Crippen molar-refractivity contribution in [3.8, 4) is 0 Å². The first-order valence-corrected chi connectivity index (χ1v) is 8.06. The Morgan fingerprint density at radius 2 is 2.13 bits per heavy atom. The van der Waals surface area contributed by atoms with Crippen LogP contribution in [0.1, 0.15) is 60.5 Å². The van der Waals surface area contributed by atoms with E-state index in [0.717, 1.165) is 30.9 Å². The highest BCUT2D eigenvalue weighted by Gasteiger charge is 2.27. The van der Waals surface area contributed by atoms with E-state index in [2.05, 4.69) is 42.0 Å². The van der Waals surface area contributed by atoms with Crippen LogP contribution in [-0.4, -0.2) is 26.7 Å². The summed E-state index contributed by atoms with van der Waals surface area (Å²) in [5.41, 5.74) is 2.33. The van der Waals surface area contributed by atoms with Gasteiger partial charge in [-0.3, -0.25) is 4.79 Å². The largest absolute Gasteiger partial charge is 0.361 e. The van der Waals surface area contributed by atoms with E-state index in [0.29, 0.717) is 17.0 Å². The Morgan fingerprint density at radius 3 is 2.74 bits per heavy atom. The summed E-state index contributed by atoms with van der Waals surface area (Å²) in [6.45, 7) is 10.8. The van der Waals surface area contributed by atoms with Crippen LogP contribution in [-0.2, 0) is 18.4 Å². The standard InChI is InChI=1S/C17H24N4O2/c1-10-15(11(2)23-20-10)16(22)18-12-6-7-14-19-13(17(3,4)5)9-21(14)8-12/h9,12H,6-8H2,1-5H3,(H,18,22)/t12-/m1/s1. The third-order valence-corrected chi connectivity index (χ3v) is 4.36. The molecule has 0 bridgehead atoms. The molecule has 0 radical (unpaired) electrons. The Bertz CT molecular complexity index is 717. The number of nitrogens with zero attached hydrogens (tertiary/aromatic N) is 3. The van der Waals surface area contributed by atoms with Crippen molar-refractivity contribution in [3.05, 3.63) is 34.7 Å². The molecular weight excluding hydrogens is 292 g/mol. The number of hydrogen-bond donors (Lipinski definition) is 1. The van der Waals surface area contributed by atoms with Gasteiger partial charge in [0.25, 0.3) is 5.91 Å². The van der Waals surface area contributed by atoms with Gasteiger partial charge in [-0.2, -0.15) is 0 Å². The van der Waals surface area contributed by atoms with Gasteiger partial charge in [-0.1, -0.05) is 25.9 Å². The van der Waals surface area contributed by atoms with E-state index in [9.17, 15) is 4.79 Å². The lowest BCUT2D eigenvalue weighted by Gasteiger charge is -2.24. The fourth-order valence-corrected chi connectivity index (χ4v) is 2.99. The van der Waals surface area contributed by atoms with Gasteiger partial charge in [-0.25, -0.2) is 4.98 Å². The van der Waals surface area contributed by atoms with Crippen molar-refractivity contribution in [1.29, 1.82) is 0 Å². The zero-order valence-electron chi connectivity index (χ0n) is 14.4. The van der Waals surface area contributed by atoms with Gasteiger partial charge in [0, 0.05) is 30.6 Å². The minimum absolute atomic E-state index is 0.0414. The predicted molar refractivity (Wildman–Crippen MR) is 86.5 cm³/mol. The van der Waals surface area contributed by atoms with E-state index in [-0.39, 0.29) is 17.4 Å². The first-order valence-electron chi connectivity index (χ1n) is 8.06. The van der Waals surface area contributed by atoms with Gasteiger partial charge in [-0.15, -0.1) is 0 Å². The number of aromatic nitrogens is 3. The van der Waals surface area contributed by atoms with Crippen LogP contribution in [0.2, 0.25) is 0 Å². The zero-order valence-corrected chi connectivity index (χ0v) is 14.4. The molecule has 0 fully saturated rings. The average Bonchev–Trinajstić information content (AvgIpc) is 3.01. The maximum atomic E-state index is 12.5. The van der Waals surface area contributed by atoms with Crippen LogP contribution < -0.4 is 5.32 Å². The highest BCUT2D eigenvalue weighted by Crippen LogP contribution is 2.24. The van der Waals surface area contributed by atoms with E-state index in [4.69, 9.17) is 9.51 Å². The molecule has 0 spiro atoms. The summed E-state index contributed by atoms with van der Waals surface area (Å²) < 4.78 is 7.25. The van der Waals surface area contributed by atoms with Crippen LogP contribution in [0.25, 0.3) is 0 Å². The molecule has 0 aliphatic carbocycles. The molecule has 0 saturated carbocycles. The van der Waals surface area contributed by atoms with Crippen LogP contribution in [0.15, 0.2) is 10.7 Å². The number of carbonyl (C=O) groups is 1. The van der Waals surface area contributed by atoms with Crippen molar-refractivity contribution in [2.75, 3.05) is 0 Å². The fraction of sp³-hybridized carbons (Fsp3) is 0.588. The lowest BCUT2D eigenvalue weighted by Crippen LogP contribution is -2.41. The molecule has 0 unspecified atom stereocenters. The van der Waals surface area contributed by atoms with Crippen LogP contribution in [0.3, 0.4) is 0 Å². The average molecular weight is 316 g/mol. The summed E-state index contributed by atoms with van der Waals surface area (Å²) in [4.78, 5) is 17.2. The number of fused-ring (bicyclic) bond motifs is 1. The Balaban J connectivity index is 1.73. The quantitative estimate of drug-likeness (QED) is 0.924. The Labute approximate surface area is 136 Å². The maximum absolute atomic E-state index is 12.5. The zero-order chi connectivity index (χ0) is 16.8. The second-order valence-electron chi connectivity index (χ2n) is 7.35. The molecule has 1 aliphatic heterocycles. The van der Waals surface area contributed by atoms with Crippen LogP contribution in [0.4, 0.5) is 0 Å². The molecule has 3 rings (SSSR count). The maximum Gasteiger partial charge on any atom is 0.257 e. The number of aryl methyl sites for hydroxylation is 3. The molecule has 2 aromatic rings. The SMILES string of the molecule is Cc1noc(C)c1C(=O)N[C@@H]1CCc2nc(C(C)(C)C)cn2C1. The second-order valence-corrected chi connectivity index (χ2v) is 7.35. The molecule has 1 atom stereocenters. The number of carbonyl (C=O) groups excluding carboxylic acids is 1. The first-order chi connectivity index (χ1) is 10.8. The molecule has 23 heavy (non-hydrogen) atoms. The monoisotopic (exact) mass is 316 g/mol. The van der Waals surface area contributed by atoms with E-state index < -0.39 is 0 Å². The number of rotatable bonds is 2. The molecule has 1 N–H and O–H groups in total. The third kappa shape index (κ3) is 3.02. The van der Waals surface area contributed by atoms with E-state index in [1.54, 1.807) is 13.8 Å². The number of imidazole rings is 1. The molecule has 124 valence electrons. The van der Waals surface area contributed by atoms with Crippen molar-refractivity contribution in [2.24, 2.45) is 0 Å². The van der Waals surface area contributed by atoms with Crippen molar-refractivity contribution in [1.82, 2.24) is 20.0 Å². The number of amides is 1. The van der Waals surface area contributed by atoms with E-state index >= 15 is 0 Å². The van der Waals surface area contributed by atoms with Gasteiger partial charge < -0.3 is 14.4 Å². The van der Waals surface area contributed by atoms with Gasteiger partial charge in [0.15, 0.2) is 0 Å². The molecule has 0 aromatic carbocycles.